The van der Waals surface area contributed by atoms with Crippen molar-refractivity contribution < 1.29 is 14.7 Å². The molecule has 0 N–H and O–H groups in total. The lowest BCUT2D eigenvalue weighted by atomic mass is 10.2. The second kappa shape index (κ2) is 6.26. The van der Waals surface area contributed by atoms with Crippen LogP contribution in [-0.2, 0) is 9.59 Å². The van der Waals surface area contributed by atoms with Gasteiger partial charge in [0.2, 0.25) is 0 Å². The highest BCUT2D eigenvalue weighted by molar-refractivity contribution is 8.26. The van der Waals surface area contributed by atoms with Gasteiger partial charge in [-0.1, -0.05) is 24.0 Å². The molecular formula is C15H17N2O3S2-. The van der Waals surface area contributed by atoms with Crippen LogP contribution in [-0.4, -0.2) is 32.2 Å². The van der Waals surface area contributed by atoms with E-state index in [1.54, 1.807) is 6.08 Å². The Morgan fingerprint density at radius 3 is 2.59 bits per heavy atom. The summed E-state index contributed by atoms with van der Waals surface area (Å²) in [6.07, 6.45) is 1.77. The molecule has 22 heavy (non-hydrogen) atoms. The number of aliphatic carboxylic acids is 1. The van der Waals surface area contributed by atoms with Gasteiger partial charge in [0.1, 0.15) is 4.32 Å². The largest absolute Gasteiger partial charge is 0.548 e. The number of thioether (sulfide) groups is 1. The van der Waals surface area contributed by atoms with Crippen molar-refractivity contribution in [2.75, 3.05) is 6.54 Å². The molecule has 0 saturated carbocycles. The van der Waals surface area contributed by atoms with E-state index in [4.69, 9.17) is 12.2 Å². The number of carbonyl (C=O) groups excluding carboxylic acids is 2. The van der Waals surface area contributed by atoms with Gasteiger partial charge in [-0.05, 0) is 45.4 Å². The quantitative estimate of drug-likeness (QED) is 0.617. The summed E-state index contributed by atoms with van der Waals surface area (Å²) >= 11 is 6.18. The van der Waals surface area contributed by atoms with E-state index >= 15 is 0 Å². The van der Waals surface area contributed by atoms with Gasteiger partial charge in [0.05, 0.1) is 17.4 Å². The lowest BCUT2D eigenvalue weighted by molar-refractivity contribution is -0.305. The number of carboxylic acid groups (broad SMARTS) is 1. The van der Waals surface area contributed by atoms with Crippen molar-refractivity contribution in [2.45, 2.75) is 33.7 Å². The van der Waals surface area contributed by atoms with Crippen LogP contribution in [0.4, 0.5) is 0 Å². The molecule has 1 aromatic heterocycles. The van der Waals surface area contributed by atoms with Gasteiger partial charge in [-0.15, -0.1) is 0 Å². The molecule has 2 heterocycles. The predicted octanol–water partition coefficient (Wildman–Crippen LogP) is 1.64. The lowest BCUT2D eigenvalue weighted by Gasteiger charge is -2.14. The number of hydrogen-bond donors (Lipinski definition) is 0. The van der Waals surface area contributed by atoms with Gasteiger partial charge in [-0.3, -0.25) is 9.69 Å². The Kier molecular flexibility index (Phi) is 4.77. The second-order valence-corrected chi connectivity index (χ2v) is 7.11. The van der Waals surface area contributed by atoms with Crippen LogP contribution in [0.25, 0.3) is 6.08 Å². The van der Waals surface area contributed by atoms with Gasteiger partial charge < -0.3 is 14.5 Å². The van der Waals surface area contributed by atoms with Crippen molar-refractivity contribution in [3.8, 4) is 0 Å². The maximum Gasteiger partial charge on any atom is 0.266 e. The predicted molar refractivity (Wildman–Crippen MR) is 89.2 cm³/mol. The summed E-state index contributed by atoms with van der Waals surface area (Å²) < 4.78 is 2.44. The number of thiocarbonyl (C=S) groups is 1. The SMILES string of the molecule is Cc1cc(/C=C2\SC(=S)N(CC(=O)[O-])C2=O)c(C)n1C(C)C. The highest BCUT2D eigenvalue weighted by Crippen LogP contribution is 2.33. The van der Waals surface area contributed by atoms with Gasteiger partial charge in [0, 0.05) is 17.4 Å². The molecular weight excluding hydrogens is 320 g/mol. The van der Waals surface area contributed by atoms with Crippen molar-refractivity contribution in [1.82, 2.24) is 9.47 Å². The summed E-state index contributed by atoms with van der Waals surface area (Å²) in [4.78, 5) is 24.4. The zero-order valence-corrected chi connectivity index (χ0v) is 14.5. The maximum atomic E-state index is 12.2. The summed E-state index contributed by atoms with van der Waals surface area (Å²) in [5.41, 5.74) is 3.13. The zero-order chi connectivity index (χ0) is 16.6. The highest BCUT2D eigenvalue weighted by atomic mass is 32.2. The number of aryl methyl sites for hydroxylation is 1. The van der Waals surface area contributed by atoms with Crippen molar-refractivity contribution in [1.29, 1.82) is 0 Å². The van der Waals surface area contributed by atoms with Gasteiger partial charge in [0.15, 0.2) is 0 Å². The van der Waals surface area contributed by atoms with E-state index in [9.17, 15) is 14.7 Å². The Balaban J connectivity index is 2.35. The average Bonchev–Trinajstić information content (AvgIpc) is 2.81. The minimum absolute atomic E-state index is 0.248. The first-order valence-corrected chi connectivity index (χ1v) is 8.08. The fraction of sp³-hybridized carbons (Fsp3) is 0.400. The third-order valence-electron chi connectivity index (χ3n) is 3.49. The molecule has 1 aromatic rings. The minimum atomic E-state index is -1.32. The van der Waals surface area contributed by atoms with E-state index in [0.717, 1.165) is 33.6 Å². The first kappa shape index (κ1) is 16.8. The molecule has 5 nitrogen and oxygen atoms in total. The normalized spacial score (nSPS) is 17.1. The molecule has 1 aliphatic heterocycles. The van der Waals surface area contributed by atoms with E-state index in [2.05, 4.69) is 18.4 Å². The Morgan fingerprint density at radius 2 is 2.09 bits per heavy atom. The van der Waals surface area contributed by atoms with E-state index in [1.165, 1.54) is 0 Å². The molecule has 0 aromatic carbocycles. The van der Waals surface area contributed by atoms with Crippen LogP contribution in [0.5, 0.6) is 0 Å². The van der Waals surface area contributed by atoms with Crippen LogP contribution < -0.4 is 5.11 Å². The monoisotopic (exact) mass is 337 g/mol. The Hall–Kier alpha value is -1.60. The lowest BCUT2D eigenvalue weighted by Crippen LogP contribution is -2.40. The Bertz CT molecular complexity index is 689. The van der Waals surface area contributed by atoms with Crippen LogP contribution >= 0.6 is 24.0 Å². The van der Waals surface area contributed by atoms with Crippen molar-refractivity contribution in [3.05, 3.63) is 27.9 Å². The first-order chi connectivity index (χ1) is 10.2. The zero-order valence-electron chi connectivity index (χ0n) is 12.9. The summed E-state index contributed by atoms with van der Waals surface area (Å²) in [7, 11) is 0. The molecule has 118 valence electrons. The van der Waals surface area contributed by atoms with Gasteiger partial charge in [0.25, 0.3) is 5.91 Å². The molecule has 7 heteroatoms. The number of rotatable bonds is 4. The molecule has 0 atom stereocenters. The van der Waals surface area contributed by atoms with Crippen LogP contribution in [0, 0.1) is 13.8 Å². The minimum Gasteiger partial charge on any atom is -0.548 e. The van der Waals surface area contributed by atoms with Gasteiger partial charge in [-0.25, -0.2) is 0 Å². The second-order valence-electron chi connectivity index (χ2n) is 5.43. The molecule has 2 rings (SSSR count). The molecule has 1 amide bonds. The molecule has 0 radical (unpaired) electrons. The van der Waals surface area contributed by atoms with Crippen molar-refractivity contribution in [3.63, 3.8) is 0 Å². The molecule has 1 fully saturated rings. The molecule has 0 unspecified atom stereocenters. The Labute approximate surface area is 139 Å². The van der Waals surface area contributed by atoms with Crippen molar-refractivity contribution in [2.24, 2.45) is 0 Å². The number of carboxylic acids is 1. The third kappa shape index (κ3) is 3.10. The van der Waals surface area contributed by atoms with Crippen LogP contribution in [0.1, 0.15) is 36.8 Å². The van der Waals surface area contributed by atoms with Crippen LogP contribution in [0.15, 0.2) is 11.0 Å². The number of aromatic nitrogens is 1. The molecule has 0 aliphatic carbocycles. The average molecular weight is 337 g/mol. The van der Waals surface area contributed by atoms with Crippen LogP contribution in [0.2, 0.25) is 0 Å². The first-order valence-electron chi connectivity index (χ1n) is 6.86. The van der Waals surface area contributed by atoms with E-state index < -0.39 is 12.5 Å². The molecule has 1 saturated heterocycles. The van der Waals surface area contributed by atoms with Crippen LogP contribution in [0.3, 0.4) is 0 Å². The summed E-state index contributed by atoms with van der Waals surface area (Å²) in [5, 5.41) is 10.7. The maximum absolute atomic E-state index is 12.2. The third-order valence-corrected chi connectivity index (χ3v) is 4.87. The fourth-order valence-electron chi connectivity index (χ4n) is 2.65. The van der Waals surface area contributed by atoms with Gasteiger partial charge >= 0.3 is 0 Å². The standard InChI is InChI=1S/C15H18N2O3S2/c1-8(2)17-9(3)5-11(10(17)4)6-12-14(20)16(7-13(18)19)15(21)22-12/h5-6,8H,7H2,1-4H3,(H,18,19)/p-1/b12-6-. The summed E-state index contributed by atoms with van der Waals surface area (Å²) in [5.74, 6) is -1.70. The number of amides is 1. The topological polar surface area (TPSA) is 65.4 Å². The molecule has 0 spiro atoms. The summed E-state index contributed by atoms with van der Waals surface area (Å²) in [6, 6.07) is 2.34. The number of hydrogen-bond acceptors (Lipinski definition) is 5. The van der Waals surface area contributed by atoms with E-state index in [1.807, 2.05) is 19.9 Å². The number of carbonyl (C=O) groups is 2. The molecule has 0 bridgehead atoms. The summed E-state index contributed by atoms with van der Waals surface area (Å²) in [6.45, 7) is 7.71. The Morgan fingerprint density at radius 1 is 1.45 bits per heavy atom. The highest BCUT2D eigenvalue weighted by Gasteiger charge is 2.32. The fourth-order valence-corrected chi connectivity index (χ4v) is 3.90. The molecule has 1 aliphatic rings. The van der Waals surface area contributed by atoms with Crippen molar-refractivity contribution >= 4 is 46.3 Å². The smallest absolute Gasteiger partial charge is 0.266 e. The van der Waals surface area contributed by atoms with E-state index in [-0.39, 0.29) is 10.2 Å². The number of nitrogens with zero attached hydrogens (tertiary/aromatic N) is 2. The van der Waals surface area contributed by atoms with E-state index in [0.29, 0.717) is 10.9 Å². The van der Waals surface area contributed by atoms with Gasteiger partial charge in [-0.2, -0.15) is 0 Å².